The van der Waals surface area contributed by atoms with Crippen LogP contribution >= 0.6 is 22.7 Å². The number of carbonyl (C=O) groups is 2. The van der Waals surface area contributed by atoms with E-state index in [1.165, 1.54) is 42.3 Å². The first kappa shape index (κ1) is 47.3. The number of hydrogen-bond donors (Lipinski definition) is 4. The lowest BCUT2D eigenvalue weighted by molar-refractivity contribution is 0.0690. The molecule has 0 spiro atoms. The Morgan fingerprint density at radius 3 is 1.65 bits per heavy atom. The minimum absolute atomic E-state index is 0.00892. The number of methoxy groups -OCH3 is 2. The molecule has 3 aromatic heterocycles. The molecule has 1 amide bonds. The molecule has 324 valence electrons. The predicted octanol–water partition coefficient (Wildman–Crippen LogP) is 8.58. The van der Waals surface area contributed by atoms with Gasteiger partial charge in [-0.1, -0.05) is 88.5 Å². The molecule has 0 atom stereocenters. The summed E-state index contributed by atoms with van der Waals surface area (Å²) < 4.78 is 49.0. The van der Waals surface area contributed by atoms with E-state index in [2.05, 4.69) is 89.0 Å². The number of aryl methyl sites for hydroxylation is 2. The minimum Gasteiger partial charge on any atom is -0.479 e. The second-order valence-corrected chi connectivity index (χ2v) is 19.4. The number of rotatable bonds is 15. The lowest BCUT2D eigenvalue weighted by atomic mass is 9.86. The first-order chi connectivity index (χ1) is 28.0. The molecule has 4 N–H and O–H groups in total. The number of carboxylic acids is 1. The Balaban J connectivity index is 0.000000331. The number of carboxylic acid groups (broad SMARTS) is 1. The van der Waals surface area contributed by atoms with Crippen molar-refractivity contribution in [1.29, 1.82) is 0 Å². The van der Waals surface area contributed by atoms with E-state index >= 15 is 0 Å². The van der Waals surface area contributed by atoms with Crippen LogP contribution < -0.4 is 34.3 Å². The Labute approximate surface area is 359 Å². The SMILES string of the molecule is COc1nc(NCCS(=O)(=O)NC(C)C)nc(OC)c1NC(=O)c1csc(Oc2cc(C(C)(C)C)ccc2C)n1.Cc1ccc(C(C)(C)C)cc1Oc1nc(C(=O)O)cs1. The molecule has 16 nitrogen and oxygen atoms in total. The molecule has 0 unspecified atom stereocenters. The fourth-order valence-electron chi connectivity index (χ4n) is 5.15. The maximum atomic E-state index is 13.0. The van der Waals surface area contributed by atoms with Crippen molar-refractivity contribution in [2.24, 2.45) is 0 Å². The summed E-state index contributed by atoms with van der Waals surface area (Å²) in [6, 6.07) is 11.9. The van der Waals surface area contributed by atoms with E-state index in [1.54, 1.807) is 19.2 Å². The van der Waals surface area contributed by atoms with Crippen molar-refractivity contribution in [2.75, 3.05) is 37.2 Å². The lowest BCUT2D eigenvalue weighted by Gasteiger charge is -2.20. The number of thiazole rings is 2. The van der Waals surface area contributed by atoms with Gasteiger partial charge in [-0.25, -0.2) is 17.9 Å². The minimum atomic E-state index is -3.47. The lowest BCUT2D eigenvalue weighted by Crippen LogP contribution is -2.34. The molecule has 5 aromatic rings. The van der Waals surface area contributed by atoms with Gasteiger partial charge in [-0.2, -0.15) is 19.9 Å². The first-order valence-corrected chi connectivity index (χ1v) is 22.2. The summed E-state index contributed by atoms with van der Waals surface area (Å²) in [7, 11) is -0.718. The molecular formula is C41H53N7O9S3. The van der Waals surface area contributed by atoms with E-state index in [0.29, 0.717) is 21.9 Å². The van der Waals surface area contributed by atoms with Gasteiger partial charge >= 0.3 is 5.97 Å². The molecule has 0 saturated carbocycles. The number of amides is 1. The van der Waals surface area contributed by atoms with Gasteiger partial charge in [-0.15, -0.1) is 0 Å². The Kier molecular flexibility index (Phi) is 15.6. The molecule has 0 fully saturated rings. The number of benzene rings is 2. The van der Waals surface area contributed by atoms with E-state index in [0.717, 1.165) is 22.3 Å². The second kappa shape index (κ2) is 19.8. The summed E-state index contributed by atoms with van der Waals surface area (Å²) in [5.74, 6) is -0.284. The van der Waals surface area contributed by atoms with Crippen molar-refractivity contribution in [3.05, 3.63) is 80.8 Å². The van der Waals surface area contributed by atoms with Crippen LogP contribution in [0.2, 0.25) is 0 Å². The average Bonchev–Trinajstić information content (AvgIpc) is 3.83. The van der Waals surface area contributed by atoms with Crippen molar-refractivity contribution < 1.29 is 42.1 Å². The van der Waals surface area contributed by atoms with Gasteiger partial charge < -0.3 is 34.7 Å². The van der Waals surface area contributed by atoms with Gasteiger partial charge in [-0.05, 0) is 72.9 Å². The van der Waals surface area contributed by atoms with E-state index < -0.39 is 21.9 Å². The third-order valence-corrected chi connectivity index (χ3v) is 11.5. The molecule has 0 radical (unpaired) electrons. The highest BCUT2D eigenvalue weighted by atomic mass is 32.2. The monoisotopic (exact) mass is 883 g/mol. The molecule has 0 saturated heterocycles. The van der Waals surface area contributed by atoms with Crippen LogP contribution in [0.4, 0.5) is 11.6 Å². The summed E-state index contributed by atoms with van der Waals surface area (Å²) in [6.07, 6.45) is 0. The van der Waals surface area contributed by atoms with Crippen LogP contribution in [0.5, 0.6) is 33.6 Å². The normalized spacial score (nSPS) is 11.7. The average molecular weight is 884 g/mol. The van der Waals surface area contributed by atoms with Crippen LogP contribution in [0.3, 0.4) is 0 Å². The van der Waals surface area contributed by atoms with Crippen LogP contribution in [0.1, 0.15) is 98.6 Å². The third kappa shape index (κ3) is 13.3. The zero-order chi connectivity index (χ0) is 44.6. The Morgan fingerprint density at radius 2 is 1.23 bits per heavy atom. The van der Waals surface area contributed by atoms with Gasteiger partial charge in [0.15, 0.2) is 11.4 Å². The molecule has 19 heteroatoms. The number of hydrogen-bond acceptors (Lipinski definition) is 15. The maximum Gasteiger partial charge on any atom is 0.355 e. The Bertz CT molecular complexity index is 2380. The van der Waals surface area contributed by atoms with Gasteiger partial charge in [0.05, 0.1) is 20.0 Å². The maximum absolute atomic E-state index is 13.0. The number of ether oxygens (including phenoxy) is 4. The molecule has 60 heavy (non-hydrogen) atoms. The van der Waals surface area contributed by atoms with Gasteiger partial charge in [0, 0.05) is 23.3 Å². The largest absolute Gasteiger partial charge is 0.479 e. The summed E-state index contributed by atoms with van der Waals surface area (Å²) in [5.41, 5.74) is 4.43. The summed E-state index contributed by atoms with van der Waals surface area (Å²) in [6.45, 7) is 20.2. The van der Waals surface area contributed by atoms with Crippen LogP contribution in [0.15, 0.2) is 47.2 Å². The Morgan fingerprint density at radius 1 is 0.767 bits per heavy atom. The highest BCUT2D eigenvalue weighted by Crippen LogP contribution is 2.36. The molecule has 0 aliphatic carbocycles. The van der Waals surface area contributed by atoms with Gasteiger partial charge in [0.25, 0.3) is 16.3 Å². The van der Waals surface area contributed by atoms with Crippen molar-refractivity contribution in [2.45, 2.75) is 86.1 Å². The molecule has 0 aliphatic heterocycles. The standard InChI is InChI=1S/C26H36N6O6S2.C15H17NO3S/c1-15(2)32-40(34,35)12-11-27-24-30-22(36-7)20(23(31-24)37-8)29-21(33)18-14-39-25(28-18)38-19-13-17(26(4,5)6)10-9-16(19)3;1-9-5-6-10(15(2,3)4)7-12(9)19-14-16-11(8-20-14)13(17)18/h9-10,13-15,32H,11-12H2,1-8H3,(H,29,33)(H,27,30,31);5-8H,1-4H3,(H,17,18). The number of aromatic carboxylic acids is 1. The topological polar surface area (TPSA) is 213 Å². The van der Waals surface area contributed by atoms with Gasteiger partial charge in [0.1, 0.15) is 17.2 Å². The predicted molar refractivity (Wildman–Crippen MR) is 235 cm³/mol. The van der Waals surface area contributed by atoms with Gasteiger partial charge in [0.2, 0.25) is 27.7 Å². The molecule has 0 bridgehead atoms. The van der Waals surface area contributed by atoms with Crippen LogP contribution in [0.25, 0.3) is 0 Å². The molecule has 5 rings (SSSR count). The summed E-state index contributed by atoms with van der Waals surface area (Å²) in [4.78, 5) is 40.6. The van der Waals surface area contributed by atoms with Crippen molar-refractivity contribution >= 4 is 56.2 Å². The quantitative estimate of drug-likeness (QED) is 0.0776. The van der Waals surface area contributed by atoms with E-state index in [-0.39, 0.29) is 64.0 Å². The first-order valence-electron chi connectivity index (χ1n) is 18.8. The van der Waals surface area contributed by atoms with E-state index in [9.17, 15) is 18.0 Å². The highest BCUT2D eigenvalue weighted by molar-refractivity contribution is 7.89. The van der Waals surface area contributed by atoms with Crippen LogP contribution in [-0.4, -0.2) is 77.9 Å². The zero-order valence-electron chi connectivity index (χ0n) is 35.8. The van der Waals surface area contributed by atoms with Crippen molar-refractivity contribution in [3.8, 4) is 33.6 Å². The fourth-order valence-corrected chi connectivity index (χ4v) is 7.67. The van der Waals surface area contributed by atoms with E-state index in [1.807, 2.05) is 38.1 Å². The fraction of sp³-hybridized carbons (Fsp3) is 0.415. The number of carbonyl (C=O) groups excluding carboxylic acids is 1. The Hall–Kier alpha value is -5.37. The smallest absolute Gasteiger partial charge is 0.355 e. The number of nitrogens with one attached hydrogen (secondary N) is 3. The second-order valence-electron chi connectivity index (χ2n) is 15.9. The number of anilines is 2. The zero-order valence-corrected chi connectivity index (χ0v) is 38.3. The van der Waals surface area contributed by atoms with Crippen LogP contribution in [-0.2, 0) is 20.9 Å². The molecule has 3 heterocycles. The third-order valence-electron chi connectivity index (χ3n) is 8.46. The summed E-state index contributed by atoms with van der Waals surface area (Å²) in [5, 5.41) is 18.1. The van der Waals surface area contributed by atoms with Crippen molar-refractivity contribution in [1.82, 2.24) is 24.7 Å². The molecule has 0 aliphatic rings. The van der Waals surface area contributed by atoms with E-state index in [4.69, 9.17) is 24.1 Å². The van der Waals surface area contributed by atoms with Gasteiger partial charge in [-0.3, -0.25) is 4.79 Å². The van der Waals surface area contributed by atoms with Crippen LogP contribution in [0, 0.1) is 13.8 Å². The molecule has 2 aromatic carbocycles. The number of aromatic nitrogens is 4. The number of sulfonamides is 1. The summed E-state index contributed by atoms with van der Waals surface area (Å²) >= 11 is 2.37. The number of nitrogens with zero attached hydrogens (tertiary/aromatic N) is 4. The van der Waals surface area contributed by atoms with Crippen molar-refractivity contribution in [3.63, 3.8) is 0 Å². The molecular weight excluding hydrogens is 831 g/mol. The highest BCUT2D eigenvalue weighted by Gasteiger charge is 2.23.